The average molecular weight is 372 g/mol. The van der Waals surface area contributed by atoms with E-state index in [1.165, 1.54) is 41.4 Å². The molecule has 1 heterocycles. The Morgan fingerprint density at radius 1 is 1.12 bits per heavy atom. The maximum absolute atomic E-state index is 12.0. The molecular formula is C19H20N2O4S. The summed E-state index contributed by atoms with van der Waals surface area (Å²) in [7, 11) is 0. The van der Waals surface area contributed by atoms with Gasteiger partial charge in [-0.05, 0) is 53.8 Å². The van der Waals surface area contributed by atoms with Crippen LogP contribution in [0, 0.1) is 0 Å². The number of aryl methyl sites for hydroxylation is 2. The third-order valence-electron chi connectivity index (χ3n) is 4.31. The van der Waals surface area contributed by atoms with E-state index >= 15 is 0 Å². The quantitative estimate of drug-likeness (QED) is 0.761. The van der Waals surface area contributed by atoms with E-state index in [0.717, 1.165) is 18.4 Å². The fraction of sp³-hybridized carbons (Fsp3) is 0.316. The molecule has 2 aromatic rings. The highest BCUT2D eigenvalue weighted by Gasteiger charge is 2.15. The molecule has 0 bridgehead atoms. The second-order valence-electron chi connectivity index (χ2n) is 6.22. The molecule has 6 nitrogen and oxygen atoms in total. The minimum atomic E-state index is -0.619. The topological polar surface area (TPSA) is 98.5 Å². The summed E-state index contributed by atoms with van der Waals surface area (Å²) in [4.78, 5) is 35.1. The number of hydrogen-bond donors (Lipinski definition) is 2. The average Bonchev–Trinajstić information content (AvgIpc) is 3.08. The molecule has 2 amide bonds. The van der Waals surface area contributed by atoms with E-state index in [2.05, 4.69) is 17.4 Å². The zero-order chi connectivity index (χ0) is 18.5. The van der Waals surface area contributed by atoms with Crippen LogP contribution in [-0.2, 0) is 33.6 Å². The molecule has 0 aliphatic heterocycles. The molecule has 0 atom stereocenters. The number of nitrogens with one attached hydrogen (secondary N) is 1. The Kier molecular flexibility index (Phi) is 5.68. The molecule has 0 fully saturated rings. The Labute approximate surface area is 155 Å². The Bertz CT molecular complexity index is 844. The monoisotopic (exact) mass is 372 g/mol. The summed E-state index contributed by atoms with van der Waals surface area (Å²) in [5, 5.41) is 4.54. The van der Waals surface area contributed by atoms with Gasteiger partial charge in [-0.1, -0.05) is 18.2 Å². The first kappa shape index (κ1) is 18.1. The van der Waals surface area contributed by atoms with Gasteiger partial charge in [0.25, 0.3) is 11.8 Å². The summed E-state index contributed by atoms with van der Waals surface area (Å²) in [6.07, 6.45) is 4.66. The van der Waals surface area contributed by atoms with Crippen molar-refractivity contribution in [2.24, 2.45) is 5.73 Å². The van der Waals surface area contributed by atoms with Crippen molar-refractivity contribution in [1.29, 1.82) is 0 Å². The van der Waals surface area contributed by atoms with E-state index in [1.807, 2.05) is 6.07 Å². The van der Waals surface area contributed by atoms with Gasteiger partial charge in [0.05, 0.1) is 12.0 Å². The van der Waals surface area contributed by atoms with Gasteiger partial charge < -0.3 is 15.8 Å². The molecular weight excluding hydrogens is 352 g/mol. The molecule has 3 N–H and O–H groups in total. The summed E-state index contributed by atoms with van der Waals surface area (Å²) >= 11 is 1.18. The van der Waals surface area contributed by atoms with E-state index in [1.54, 1.807) is 5.38 Å². The number of carbonyl (C=O) groups excluding carboxylic acids is 3. The van der Waals surface area contributed by atoms with Crippen LogP contribution < -0.4 is 11.1 Å². The second kappa shape index (κ2) is 8.14. The van der Waals surface area contributed by atoms with Gasteiger partial charge in [-0.2, -0.15) is 0 Å². The Balaban J connectivity index is 1.50. The second-order valence-corrected chi connectivity index (χ2v) is 7.14. The van der Waals surface area contributed by atoms with Crippen molar-refractivity contribution in [2.45, 2.75) is 32.1 Å². The molecule has 0 spiro atoms. The molecule has 1 aliphatic rings. The van der Waals surface area contributed by atoms with E-state index < -0.39 is 24.4 Å². The number of carbonyl (C=O) groups is 3. The number of nitrogens with two attached hydrogens (primary N) is 1. The van der Waals surface area contributed by atoms with Gasteiger partial charge in [0, 0.05) is 0 Å². The van der Waals surface area contributed by atoms with Gasteiger partial charge in [0.2, 0.25) is 0 Å². The number of thiophene rings is 1. The van der Waals surface area contributed by atoms with Crippen LogP contribution in [0.3, 0.4) is 0 Å². The van der Waals surface area contributed by atoms with Gasteiger partial charge in [-0.3, -0.25) is 14.4 Å². The molecule has 0 radical (unpaired) electrons. The lowest BCUT2D eigenvalue weighted by molar-refractivity contribution is -0.146. The van der Waals surface area contributed by atoms with Gasteiger partial charge in [0.1, 0.15) is 5.00 Å². The van der Waals surface area contributed by atoms with Crippen LogP contribution in [0.2, 0.25) is 0 Å². The number of fused-ring (bicyclic) bond motifs is 1. The fourth-order valence-electron chi connectivity index (χ4n) is 3.02. The minimum absolute atomic E-state index is 0.131. The number of ether oxygens (including phenoxy) is 1. The fourth-order valence-corrected chi connectivity index (χ4v) is 3.83. The summed E-state index contributed by atoms with van der Waals surface area (Å²) in [6, 6.07) is 7.60. The number of primary amides is 1. The first-order valence-electron chi connectivity index (χ1n) is 8.46. The molecule has 3 rings (SSSR count). The van der Waals surface area contributed by atoms with Crippen molar-refractivity contribution < 1.29 is 19.1 Å². The lowest BCUT2D eigenvalue weighted by Crippen LogP contribution is -2.22. The third-order valence-corrected chi connectivity index (χ3v) is 5.14. The summed E-state index contributed by atoms with van der Waals surface area (Å²) < 4.78 is 5.04. The predicted octanol–water partition coefficient (Wildman–Crippen LogP) is 2.45. The van der Waals surface area contributed by atoms with Crippen molar-refractivity contribution in [3.63, 3.8) is 0 Å². The smallest absolute Gasteiger partial charge is 0.310 e. The standard InChI is InChI=1S/C19H20N2O4S/c20-18(24)15-7-8-26-19(15)21-16(22)11-25-17(23)10-12-5-6-13-3-1-2-4-14(13)9-12/h5-9H,1-4,10-11H2,(H2,20,24)(H,21,22). The highest BCUT2D eigenvalue weighted by Crippen LogP contribution is 2.23. The van der Waals surface area contributed by atoms with Crippen LogP contribution in [0.4, 0.5) is 5.00 Å². The van der Waals surface area contributed by atoms with Crippen LogP contribution >= 0.6 is 11.3 Å². The van der Waals surface area contributed by atoms with Gasteiger partial charge in [0.15, 0.2) is 6.61 Å². The normalized spacial score (nSPS) is 12.9. The summed E-state index contributed by atoms with van der Waals surface area (Å²) in [5.74, 6) is -1.59. The van der Waals surface area contributed by atoms with Crippen molar-refractivity contribution in [1.82, 2.24) is 0 Å². The van der Waals surface area contributed by atoms with Crippen LogP contribution in [0.1, 0.15) is 39.9 Å². The van der Waals surface area contributed by atoms with E-state index in [-0.39, 0.29) is 12.0 Å². The zero-order valence-electron chi connectivity index (χ0n) is 14.2. The summed E-state index contributed by atoms with van der Waals surface area (Å²) in [5.41, 5.74) is 9.01. The van der Waals surface area contributed by atoms with Crippen molar-refractivity contribution in [3.05, 3.63) is 51.9 Å². The van der Waals surface area contributed by atoms with E-state index in [9.17, 15) is 14.4 Å². The maximum atomic E-state index is 12.0. The third kappa shape index (κ3) is 4.49. The van der Waals surface area contributed by atoms with Crippen molar-refractivity contribution in [3.8, 4) is 0 Å². The number of rotatable bonds is 6. The highest BCUT2D eigenvalue weighted by molar-refractivity contribution is 7.14. The van der Waals surface area contributed by atoms with Crippen LogP contribution in [0.15, 0.2) is 29.6 Å². The SMILES string of the molecule is NC(=O)c1ccsc1NC(=O)COC(=O)Cc1ccc2c(c1)CCCC2. The molecule has 0 saturated carbocycles. The molecule has 0 unspecified atom stereocenters. The Morgan fingerprint density at radius 2 is 1.88 bits per heavy atom. The molecule has 26 heavy (non-hydrogen) atoms. The van der Waals surface area contributed by atoms with Gasteiger partial charge in [-0.15, -0.1) is 11.3 Å². The molecule has 7 heteroatoms. The highest BCUT2D eigenvalue weighted by atomic mass is 32.1. The Hall–Kier alpha value is -2.67. The maximum Gasteiger partial charge on any atom is 0.310 e. The number of amides is 2. The minimum Gasteiger partial charge on any atom is -0.455 e. The lowest BCUT2D eigenvalue weighted by Gasteiger charge is -2.16. The van der Waals surface area contributed by atoms with Crippen molar-refractivity contribution in [2.75, 3.05) is 11.9 Å². The number of anilines is 1. The Morgan fingerprint density at radius 3 is 2.65 bits per heavy atom. The van der Waals surface area contributed by atoms with Gasteiger partial charge >= 0.3 is 5.97 Å². The largest absolute Gasteiger partial charge is 0.455 e. The molecule has 1 aromatic heterocycles. The van der Waals surface area contributed by atoms with Crippen LogP contribution in [0.5, 0.6) is 0 Å². The van der Waals surface area contributed by atoms with E-state index in [4.69, 9.17) is 10.5 Å². The molecule has 1 aliphatic carbocycles. The first-order chi connectivity index (χ1) is 12.5. The zero-order valence-corrected chi connectivity index (χ0v) is 15.1. The van der Waals surface area contributed by atoms with Gasteiger partial charge in [-0.25, -0.2) is 0 Å². The molecule has 136 valence electrons. The number of esters is 1. The van der Waals surface area contributed by atoms with Crippen LogP contribution in [0.25, 0.3) is 0 Å². The number of benzene rings is 1. The summed E-state index contributed by atoms with van der Waals surface area (Å²) in [6.45, 7) is -0.403. The lowest BCUT2D eigenvalue weighted by atomic mass is 9.90. The van der Waals surface area contributed by atoms with E-state index in [0.29, 0.717) is 5.00 Å². The predicted molar refractivity (Wildman–Crippen MR) is 99.2 cm³/mol. The molecule has 0 saturated heterocycles. The van der Waals surface area contributed by atoms with Crippen LogP contribution in [-0.4, -0.2) is 24.4 Å². The first-order valence-corrected chi connectivity index (χ1v) is 9.34. The van der Waals surface area contributed by atoms with Crippen molar-refractivity contribution >= 4 is 34.1 Å². The number of hydrogen-bond acceptors (Lipinski definition) is 5. The molecule has 1 aromatic carbocycles.